The summed E-state index contributed by atoms with van der Waals surface area (Å²) in [6.07, 6.45) is 0. The van der Waals surface area contributed by atoms with Crippen LogP contribution in [0.2, 0.25) is 0 Å². The smallest absolute Gasteiger partial charge is 0.271 e. The zero-order valence-corrected chi connectivity index (χ0v) is 7.34. The lowest BCUT2D eigenvalue weighted by Crippen LogP contribution is -2.51. The fourth-order valence-electron chi connectivity index (χ4n) is 0.883. The molecule has 14 heavy (non-hydrogen) atoms. The quantitative estimate of drug-likeness (QED) is 0.470. The Morgan fingerprint density at radius 1 is 1.29 bits per heavy atom. The highest BCUT2D eigenvalue weighted by Gasteiger charge is 2.24. The maximum Gasteiger partial charge on any atom is 0.271 e. The maximum atomic E-state index is 11.3. The SMILES string of the molecule is O=C(NC(O)(O)CO)c1ccccc1. The first kappa shape index (κ1) is 10.6. The van der Waals surface area contributed by atoms with Crippen LogP contribution in [0.25, 0.3) is 0 Å². The number of aliphatic hydroxyl groups excluding tert-OH is 1. The number of amides is 1. The predicted molar refractivity (Wildman–Crippen MR) is 48.2 cm³/mol. The van der Waals surface area contributed by atoms with Crippen LogP contribution in [0.3, 0.4) is 0 Å². The summed E-state index contributed by atoms with van der Waals surface area (Å²) in [5.41, 5.74) is 0.286. The average Bonchev–Trinajstić information content (AvgIpc) is 2.19. The molecule has 0 aliphatic heterocycles. The molecule has 0 heterocycles. The van der Waals surface area contributed by atoms with E-state index >= 15 is 0 Å². The van der Waals surface area contributed by atoms with Crippen molar-refractivity contribution in [3.63, 3.8) is 0 Å². The second-order valence-corrected chi connectivity index (χ2v) is 2.79. The Morgan fingerprint density at radius 2 is 1.86 bits per heavy atom. The number of hydrogen-bond acceptors (Lipinski definition) is 4. The van der Waals surface area contributed by atoms with Crippen LogP contribution in [0.1, 0.15) is 10.4 Å². The molecule has 5 nitrogen and oxygen atoms in total. The molecule has 0 aliphatic carbocycles. The molecule has 1 amide bonds. The van der Waals surface area contributed by atoms with Crippen LogP contribution in [-0.4, -0.2) is 33.7 Å². The van der Waals surface area contributed by atoms with E-state index in [2.05, 4.69) is 0 Å². The molecule has 0 bridgehead atoms. The number of benzene rings is 1. The van der Waals surface area contributed by atoms with Gasteiger partial charge in [-0.2, -0.15) is 0 Å². The van der Waals surface area contributed by atoms with E-state index in [1.807, 2.05) is 5.32 Å². The molecule has 0 spiro atoms. The van der Waals surface area contributed by atoms with Gasteiger partial charge >= 0.3 is 0 Å². The first-order valence-electron chi connectivity index (χ1n) is 3.98. The Kier molecular flexibility index (Phi) is 3.19. The number of carbonyl (C=O) groups is 1. The van der Waals surface area contributed by atoms with Gasteiger partial charge in [0.1, 0.15) is 6.61 Å². The van der Waals surface area contributed by atoms with Crippen molar-refractivity contribution < 1.29 is 20.1 Å². The average molecular weight is 197 g/mol. The molecule has 76 valence electrons. The van der Waals surface area contributed by atoms with Crippen LogP contribution < -0.4 is 5.32 Å². The van der Waals surface area contributed by atoms with E-state index in [-0.39, 0.29) is 5.56 Å². The summed E-state index contributed by atoms with van der Waals surface area (Å²) in [5.74, 6) is -3.24. The van der Waals surface area contributed by atoms with Crippen molar-refractivity contribution in [1.82, 2.24) is 5.32 Å². The van der Waals surface area contributed by atoms with E-state index < -0.39 is 18.4 Å². The van der Waals surface area contributed by atoms with E-state index in [1.165, 1.54) is 12.1 Å². The van der Waals surface area contributed by atoms with Crippen molar-refractivity contribution in [2.45, 2.75) is 5.91 Å². The van der Waals surface area contributed by atoms with E-state index in [0.717, 1.165) is 0 Å². The molecule has 0 saturated heterocycles. The lowest BCUT2D eigenvalue weighted by molar-refractivity contribution is -0.200. The number of nitrogens with one attached hydrogen (secondary N) is 1. The van der Waals surface area contributed by atoms with Gasteiger partial charge in [0, 0.05) is 5.56 Å². The van der Waals surface area contributed by atoms with Gasteiger partial charge in [0.15, 0.2) is 0 Å². The third-order valence-electron chi connectivity index (χ3n) is 1.57. The fraction of sp³-hybridized carbons (Fsp3) is 0.222. The molecular weight excluding hydrogens is 186 g/mol. The Hall–Kier alpha value is -1.43. The van der Waals surface area contributed by atoms with Crippen molar-refractivity contribution in [1.29, 1.82) is 0 Å². The molecule has 0 atom stereocenters. The van der Waals surface area contributed by atoms with E-state index in [4.69, 9.17) is 15.3 Å². The summed E-state index contributed by atoms with van der Waals surface area (Å²) >= 11 is 0. The highest BCUT2D eigenvalue weighted by atomic mass is 16.5. The second-order valence-electron chi connectivity index (χ2n) is 2.79. The van der Waals surface area contributed by atoms with Crippen LogP contribution in [0, 0.1) is 0 Å². The molecule has 0 aromatic heterocycles. The topological polar surface area (TPSA) is 89.8 Å². The van der Waals surface area contributed by atoms with Gasteiger partial charge in [-0.15, -0.1) is 0 Å². The minimum absolute atomic E-state index is 0.286. The summed E-state index contributed by atoms with van der Waals surface area (Å²) in [6, 6.07) is 8.05. The monoisotopic (exact) mass is 197 g/mol. The molecule has 0 unspecified atom stereocenters. The zero-order valence-electron chi connectivity index (χ0n) is 7.34. The van der Waals surface area contributed by atoms with Gasteiger partial charge in [-0.25, -0.2) is 0 Å². The molecule has 5 heteroatoms. The van der Waals surface area contributed by atoms with Crippen LogP contribution in [0.4, 0.5) is 0 Å². The zero-order chi connectivity index (χ0) is 10.6. The molecule has 0 radical (unpaired) electrons. The lowest BCUT2D eigenvalue weighted by atomic mass is 10.2. The summed E-state index contributed by atoms with van der Waals surface area (Å²) < 4.78 is 0. The molecule has 1 rings (SSSR count). The van der Waals surface area contributed by atoms with Gasteiger partial charge in [-0.05, 0) is 12.1 Å². The molecule has 0 saturated carbocycles. The van der Waals surface area contributed by atoms with Gasteiger partial charge in [-0.3, -0.25) is 10.1 Å². The number of hydrogen-bond donors (Lipinski definition) is 4. The maximum absolute atomic E-state index is 11.3. The molecule has 1 aromatic rings. The van der Waals surface area contributed by atoms with Crippen molar-refractivity contribution in [3.8, 4) is 0 Å². The second kappa shape index (κ2) is 4.19. The largest absolute Gasteiger partial charge is 0.389 e. The molecule has 0 aliphatic rings. The van der Waals surface area contributed by atoms with Crippen LogP contribution in [-0.2, 0) is 0 Å². The predicted octanol–water partition coefficient (Wildman–Crippen LogP) is -0.953. The van der Waals surface area contributed by atoms with E-state index in [1.54, 1.807) is 18.2 Å². The van der Waals surface area contributed by atoms with E-state index in [9.17, 15) is 4.79 Å². The highest BCUT2D eigenvalue weighted by molar-refractivity contribution is 5.94. The fourth-order valence-corrected chi connectivity index (χ4v) is 0.883. The molecular formula is C9H11NO4. The number of aliphatic hydroxyl groups is 3. The van der Waals surface area contributed by atoms with Crippen LogP contribution in [0.5, 0.6) is 0 Å². The summed E-state index contributed by atoms with van der Waals surface area (Å²) in [5, 5.41) is 28.2. The lowest BCUT2D eigenvalue weighted by Gasteiger charge is -2.19. The summed E-state index contributed by atoms with van der Waals surface area (Å²) in [7, 11) is 0. The molecule has 0 fully saturated rings. The summed E-state index contributed by atoms with van der Waals surface area (Å²) in [6.45, 7) is -0.967. The first-order chi connectivity index (χ1) is 6.55. The van der Waals surface area contributed by atoms with Gasteiger partial charge in [-0.1, -0.05) is 18.2 Å². The number of rotatable bonds is 3. The highest BCUT2D eigenvalue weighted by Crippen LogP contribution is 2.00. The van der Waals surface area contributed by atoms with Gasteiger partial charge in [0.2, 0.25) is 0 Å². The third kappa shape index (κ3) is 2.81. The minimum Gasteiger partial charge on any atom is -0.389 e. The van der Waals surface area contributed by atoms with Crippen molar-refractivity contribution in [2.24, 2.45) is 0 Å². The standard InChI is InChI=1S/C9H11NO4/c11-6-9(13,14)10-8(12)7-4-2-1-3-5-7/h1-5,11,13-14H,6H2,(H,10,12). The van der Waals surface area contributed by atoms with Gasteiger partial charge in [0.25, 0.3) is 11.8 Å². The third-order valence-corrected chi connectivity index (χ3v) is 1.57. The first-order valence-corrected chi connectivity index (χ1v) is 3.98. The van der Waals surface area contributed by atoms with Crippen molar-refractivity contribution >= 4 is 5.91 Å². The van der Waals surface area contributed by atoms with Crippen LogP contribution >= 0.6 is 0 Å². The number of carbonyl (C=O) groups excluding carboxylic acids is 1. The Morgan fingerprint density at radius 3 is 2.36 bits per heavy atom. The Labute approximate surface area is 80.6 Å². The summed E-state index contributed by atoms with van der Waals surface area (Å²) in [4.78, 5) is 11.3. The van der Waals surface area contributed by atoms with Gasteiger partial charge < -0.3 is 15.3 Å². The normalized spacial score (nSPS) is 11.1. The van der Waals surface area contributed by atoms with Gasteiger partial charge in [0.05, 0.1) is 0 Å². The minimum atomic E-state index is -2.58. The Bertz CT molecular complexity index is 310. The van der Waals surface area contributed by atoms with Crippen molar-refractivity contribution in [2.75, 3.05) is 6.61 Å². The molecule has 1 aromatic carbocycles. The molecule has 4 N–H and O–H groups in total. The van der Waals surface area contributed by atoms with Crippen molar-refractivity contribution in [3.05, 3.63) is 35.9 Å². The Balaban J connectivity index is 2.69. The van der Waals surface area contributed by atoms with E-state index in [0.29, 0.717) is 0 Å². The van der Waals surface area contributed by atoms with Crippen LogP contribution in [0.15, 0.2) is 30.3 Å².